The second-order valence-electron chi connectivity index (χ2n) is 4.03. The van der Waals surface area contributed by atoms with Gasteiger partial charge in [-0.3, -0.25) is 4.98 Å². The number of aryl methyl sites for hydroxylation is 1. The third-order valence-corrected chi connectivity index (χ3v) is 2.81. The van der Waals surface area contributed by atoms with Crippen molar-refractivity contribution in [1.29, 1.82) is 0 Å². The molecule has 2 aromatic rings. The normalized spacial score (nSPS) is 12.5. The van der Waals surface area contributed by atoms with Gasteiger partial charge in [0.2, 0.25) is 0 Å². The van der Waals surface area contributed by atoms with Crippen LogP contribution in [0.1, 0.15) is 30.6 Å². The lowest BCUT2D eigenvalue weighted by molar-refractivity contribution is 0.499. The zero-order chi connectivity index (χ0) is 11.9. The van der Waals surface area contributed by atoms with Crippen LogP contribution in [-0.2, 0) is 6.42 Å². The zero-order valence-electron chi connectivity index (χ0n) is 10.1. The van der Waals surface area contributed by atoms with Crippen molar-refractivity contribution in [1.82, 2.24) is 10.3 Å². The summed E-state index contributed by atoms with van der Waals surface area (Å²) in [4.78, 5) is 4.34. The third kappa shape index (κ3) is 3.43. The average molecular weight is 230 g/mol. The van der Waals surface area contributed by atoms with Crippen molar-refractivity contribution in [2.45, 2.75) is 25.8 Å². The fraction of sp³-hybridized carbons (Fsp3) is 0.357. The lowest BCUT2D eigenvalue weighted by atomic mass is 10.0. The quantitative estimate of drug-likeness (QED) is 0.829. The van der Waals surface area contributed by atoms with E-state index >= 15 is 0 Å². The highest BCUT2D eigenvalue weighted by molar-refractivity contribution is 5.12. The molecule has 0 saturated heterocycles. The van der Waals surface area contributed by atoms with Gasteiger partial charge in [0.1, 0.15) is 0 Å². The monoisotopic (exact) mass is 230 g/mol. The molecule has 90 valence electrons. The number of nitrogens with zero attached hydrogens (tertiary/aromatic N) is 1. The van der Waals surface area contributed by atoms with Gasteiger partial charge in [-0.15, -0.1) is 0 Å². The SMILES string of the molecule is CCNC(CCc1ccccn1)c1ccoc1. The van der Waals surface area contributed by atoms with Gasteiger partial charge in [-0.2, -0.15) is 0 Å². The van der Waals surface area contributed by atoms with Crippen LogP contribution in [0.25, 0.3) is 0 Å². The Balaban J connectivity index is 1.95. The second kappa shape index (κ2) is 6.21. The van der Waals surface area contributed by atoms with Crippen LogP contribution < -0.4 is 5.32 Å². The summed E-state index contributed by atoms with van der Waals surface area (Å²) in [6, 6.07) is 8.41. The molecule has 0 aliphatic rings. The summed E-state index contributed by atoms with van der Waals surface area (Å²) in [5, 5.41) is 3.47. The van der Waals surface area contributed by atoms with Gasteiger partial charge >= 0.3 is 0 Å². The Morgan fingerprint density at radius 1 is 1.35 bits per heavy atom. The molecule has 0 saturated carbocycles. The summed E-state index contributed by atoms with van der Waals surface area (Å²) in [6.07, 6.45) is 7.38. The van der Waals surface area contributed by atoms with Gasteiger partial charge in [0.25, 0.3) is 0 Å². The van der Waals surface area contributed by atoms with Crippen LogP contribution in [0.3, 0.4) is 0 Å². The molecule has 0 radical (unpaired) electrons. The van der Waals surface area contributed by atoms with E-state index in [1.807, 2.05) is 30.7 Å². The van der Waals surface area contributed by atoms with E-state index < -0.39 is 0 Å². The van der Waals surface area contributed by atoms with Gasteiger partial charge in [-0.1, -0.05) is 13.0 Å². The number of nitrogens with one attached hydrogen (secondary N) is 1. The summed E-state index contributed by atoms with van der Waals surface area (Å²) < 4.78 is 5.14. The van der Waals surface area contributed by atoms with Crippen LogP contribution in [0.4, 0.5) is 0 Å². The van der Waals surface area contributed by atoms with E-state index in [1.54, 1.807) is 6.26 Å². The molecule has 17 heavy (non-hydrogen) atoms. The number of furan rings is 1. The van der Waals surface area contributed by atoms with Crippen LogP contribution in [0.5, 0.6) is 0 Å². The fourth-order valence-electron chi connectivity index (χ4n) is 1.94. The second-order valence-corrected chi connectivity index (χ2v) is 4.03. The molecule has 0 spiro atoms. The minimum absolute atomic E-state index is 0.348. The van der Waals surface area contributed by atoms with Crippen molar-refractivity contribution in [2.24, 2.45) is 0 Å². The largest absolute Gasteiger partial charge is 0.472 e. The highest BCUT2D eigenvalue weighted by Crippen LogP contribution is 2.18. The molecule has 0 bridgehead atoms. The highest BCUT2D eigenvalue weighted by atomic mass is 16.3. The molecule has 1 atom stereocenters. The number of rotatable bonds is 6. The van der Waals surface area contributed by atoms with Gasteiger partial charge in [-0.25, -0.2) is 0 Å². The van der Waals surface area contributed by atoms with Crippen molar-refractivity contribution in [3.05, 3.63) is 54.2 Å². The highest BCUT2D eigenvalue weighted by Gasteiger charge is 2.11. The molecule has 1 unspecified atom stereocenters. The molecule has 0 amide bonds. The third-order valence-electron chi connectivity index (χ3n) is 2.81. The molecule has 1 N–H and O–H groups in total. The van der Waals surface area contributed by atoms with E-state index in [0.29, 0.717) is 6.04 Å². The van der Waals surface area contributed by atoms with Crippen LogP contribution in [0.2, 0.25) is 0 Å². The first-order chi connectivity index (χ1) is 8.40. The van der Waals surface area contributed by atoms with Crippen molar-refractivity contribution in [3.63, 3.8) is 0 Å². The van der Waals surface area contributed by atoms with E-state index in [0.717, 1.165) is 25.1 Å². The van der Waals surface area contributed by atoms with E-state index in [-0.39, 0.29) is 0 Å². The Hall–Kier alpha value is -1.61. The van der Waals surface area contributed by atoms with Crippen molar-refractivity contribution in [3.8, 4) is 0 Å². The number of pyridine rings is 1. The summed E-state index contributed by atoms with van der Waals surface area (Å²) >= 11 is 0. The molecule has 0 aliphatic carbocycles. The molecule has 3 nitrogen and oxygen atoms in total. The van der Waals surface area contributed by atoms with E-state index in [4.69, 9.17) is 4.42 Å². The molecular weight excluding hydrogens is 212 g/mol. The zero-order valence-corrected chi connectivity index (χ0v) is 10.1. The Morgan fingerprint density at radius 2 is 2.29 bits per heavy atom. The standard InChI is InChI=1S/C14H18N2O/c1-2-15-14(12-8-10-17-11-12)7-6-13-5-3-4-9-16-13/h3-5,8-11,14-15H,2,6-7H2,1H3. The van der Waals surface area contributed by atoms with Gasteiger partial charge in [0, 0.05) is 23.5 Å². The van der Waals surface area contributed by atoms with Crippen molar-refractivity contribution < 1.29 is 4.42 Å². The Labute approximate surface area is 102 Å². The maximum Gasteiger partial charge on any atom is 0.0950 e. The first-order valence-corrected chi connectivity index (χ1v) is 6.05. The van der Waals surface area contributed by atoms with Crippen LogP contribution in [0.15, 0.2) is 47.4 Å². The van der Waals surface area contributed by atoms with E-state index in [1.165, 1.54) is 5.56 Å². The summed E-state index contributed by atoms with van der Waals surface area (Å²) in [5.74, 6) is 0. The van der Waals surface area contributed by atoms with E-state index in [9.17, 15) is 0 Å². The van der Waals surface area contributed by atoms with Crippen molar-refractivity contribution >= 4 is 0 Å². The first kappa shape index (κ1) is 11.9. The Kier molecular flexibility index (Phi) is 4.33. The van der Waals surface area contributed by atoms with Crippen LogP contribution in [-0.4, -0.2) is 11.5 Å². The number of aromatic nitrogens is 1. The number of hydrogen-bond donors (Lipinski definition) is 1. The molecule has 3 heteroatoms. The molecule has 0 aromatic carbocycles. The lowest BCUT2D eigenvalue weighted by Gasteiger charge is -2.15. The van der Waals surface area contributed by atoms with Gasteiger partial charge in [0.15, 0.2) is 0 Å². The van der Waals surface area contributed by atoms with Gasteiger partial charge < -0.3 is 9.73 Å². The average Bonchev–Trinajstić information content (AvgIpc) is 2.89. The Bertz CT molecular complexity index is 411. The molecule has 0 fully saturated rings. The predicted octanol–water partition coefficient (Wildman–Crippen LogP) is 2.96. The topological polar surface area (TPSA) is 38.1 Å². The minimum atomic E-state index is 0.348. The Morgan fingerprint density at radius 3 is 2.94 bits per heavy atom. The smallest absolute Gasteiger partial charge is 0.0950 e. The van der Waals surface area contributed by atoms with Gasteiger partial charge in [0.05, 0.1) is 12.5 Å². The van der Waals surface area contributed by atoms with Crippen molar-refractivity contribution in [2.75, 3.05) is 6.54 Å². The van der Waals surface area contributed by atoms with Crippen LogP contribution >= 0.6 is 0 Å². The lowest BCUT2D eigenvalue weighted by Crippen LogP contribution is -2.21. The molecule has 2 heterocycles. The van der Waals surface area contributed by atoms with Crippen LogP contribution in [0, 0.1) is 0 Å². The molecule has 0 aliphatic heterocycles. The maximum absolute atomic E-state index is 5.14. The predicted molar refractivity (Wildman–Crippen MR) is 67.7 cm³/mol. The fourth-order valence-corrected chi connectivity index (χ4v) is 1.94. The van der Waals surface area contributed by atoms with Gasteiger partial charge in [-0.05, 0) is 37.6 Å². The first-order valence-electron chi connectivity index (χ1n) is 6.05. The number of hydrogen-bond acceptors (Lipinski definition) is 3. The molecular formula is C14H18N2O. The summed E-state index contributed by atoms with van der Waals surface area (Å²) in [5.41, 5.74) is 2.35. The summed E-state index contributed by atoms with van der Waals surface area (Å²) in [6.45, 7) is 3.08. The molecule has 2 rings (SSSR count). The van der Waals surface area contributed by atoms with E-state index in [2.05, 4.69) is 23.3 Å². The maximum atomic E-state index is 5.14. The minimum Gasteiger partial charge on any atom is -0.472 e. The molecule has 2 aromatic heterocycles. The summed E-state index contributed by atoms with van der Waals surface area (Å²) in [7, 11) is 0.